The molecular weight excluding hydrogens is 439 g/mol. The van der Waals surface area contributed by atoms with Gasteiger partial charge in [0.1, 0.15) is 0 Å². The standard InChI is InChI=1S/C18H14Cl2N4O4S/c1-28-13-9-21-18(22-10-13)24-29(26,27)14-5-3-12(4-6-14)23-17(25)15-7-2-11(19)8-16(15)20/h2-10H,1H3,(H,23,25)(H,21,22,24). The number of carbonyl (C=O) groups excluding carboxylic acids is 1. The fourth-order valence-corrected chi connectivity index (χ4v) is 3.70. The van der Waals surface area contributed by atoms with Crippen molar-refractivity contribution < 1.29 is 17.9 Å². The Morgan fingerprint density at radius 2 is 1.69 bits per heavy atom. The summed E-state index contributed by atoms with van der Waals surface area (Å²) < 4.78 is 32.1. The van der Waals surface area contributed by atoms with Crippen LogP contribution in [0, 0.1) is 0 Å². The summed E-state index contributed by atoms with van der Waals surface area (Å²) in [6.07, 6.45) is 2.68. The van der Waals surface area contributed by atoms with E-state index < -0.39 is 15.9 Å². The second-order valence-corrected chi connectivity index (χ2v) is 8.18. The van der Waals surface area contributed by atoms with Crippen molar-refractivity contribution in [3.8, 4) is 5.75 Å². The molecule has 1 heterocycles. The molecule has 0 saturated carbocycles. The van der Waals surface area contributed by atoms with Gasteiger partial charge in [0.2, 0.25) is 5.95 Å². The first-order chi connectivity index (χ1) is 13.8. The third-order valence-corrected chi connectivity index (χ3v) is 5.58. The van der Waals surface area contributed by atoms with Crippen LogP contribution in [0.2, 0.25) is 10.0 Å². The fraction of sp³-hybridized carbons (Fsp3) is 0.0556. The van der Waals surface area contributed by atoms with Gasteiger partial charge in [-0.15, -0.1) is 0 Å². The van der Waals surface area contributed by atoms with Gasteiger partial charge >= 0.3 is 0 Å². The van der Waals surface area contributed by atoms with Crippen LogP contribution in [0.25, 0.3) is 0 Å². The number of sulfonamides is 1. The molecule has 8 nitrogen and oxygen atoms in total. The van der Waals surface area contributed by atoms with Gasteiger partial charge in [0, 0.05) is 10.7 Å². The van der Waals surface area contributed by atoms with Gasteiger partial charge in [-0.05, 0) is 42.5 Å². The van der Waals surface area contributed by atoms with E-state index in [0.29, 0.717) is 16.5 Å². The predicted molar refractivity (Wildman–Crippen MR) is 110 cm³/mol. The topological polar surface area (TPSA) is 110 Å². The smallest absolute Gasteiger partial charge is 0.264 e. The number of anilines is 2. The molecule has 1 amide bonds. The number of aromatic nitrogens is 2. The van der Waals surface area contributed by atoms with Crippen molar-refractivity contribution in [3.05, 3.63) is 70.5 Å². The minimum atomic E-state index is -3.91. The van der Waals surface area contributed by atoms with Gasteiger partial charge in [-0.25, -0.2) is 23.1 Å². The summed E-state index contributed by atoms with van der Waals surface area (Å²) in [6, 6.07) is 10.1. The summed E-state index contributed by atoms with van der Waals surface area (Å²) in [6.45, 7) is 0. The van der Waals surface area contributed by atoms with E-state index in [4.69, 9.17) is 27.9 Å². The zero-order valence-electron chi connectivity index (χ0n) is 14.9. The first kappa shape index (κ1) is 20.8. The quantitative estimate of drug-likeness (QED) is 0.587. The number of amides is 1. The van der Waals surface area contributed by atoms with Gasteiger partial charge in [-0.2, -0.15) is 0 Å². The molecule has 0 aliphatic carbocycles. The van der Waals surface area contributed by atoms with E-state index in [1.165, 1.54) is 55.9 Å². The minimum Gasteiger partial charge on any atom is -0.494 e. The normalized spacial score (nSPS) is 11.0. The zero-order valence-corrected chi connectivity index (χ0v) is 17.2. The first-order valence-corrected chi connectivity index (χ1v) is 10.3. The van der Waals surface area contributed by atoms with Gasteiger partial charge in [0.25, 0.3) is 15.9 Å². The number of hydrogen-bond acceptors (Lipinski definition) is 6. The molecule has 0 spiro atoms. The lowest BCUT2D eigenvalue weighted by Crippen LogP contribution is -2.15. The highest BCUT2D eigenvalue weighted by Gasteiger charge is 2.16. The maximum atomic E-state index is 12.4. The molecule has 0 unspecified atom stereocenters. The van der Waals surface area contributed by atoms with Crippen LogP contribution < -0.4 is 14.8 Å². The van der Waals surface area contributed by atoms with Crippen molar-refractivity contribution in [2.75, 3.05) is 17.1 Å². The Morgan fingerprint density at radius 3 is 2.28 bits per heavy atom. The van der Waals surface area contributed by atoms with E-state index in [2.05, 4.69) is 20.0 Å². The molecule has 0 bridgehead atoms. The number of methoxy groups -OCH3 is 1. The lowest BCUT2D eigenvalue weighted by Gasteiger charge is -2.09. The van der Waals surface area contributed by atoms with Crippen molar-refractivity contribution in [1.29, 1.82) is 0 Å². The van der Waals surface area contributed by atoms with Crippen molar-refractivity contribution >= 4 is 50.8 Å². The highest BCUT2D eigenvalue weighted by Crippen LogP contribution is 2.23. The Kier molecular flexibility index (Phi) is 6.21. The maximum absolute atomic E-state index is 12.4. The van der Waals surface area contributed by atoms with Crippen LogP contribution in [0.5, 0.6) is 5.75 Å². The Hall–Kier alpha value is -2.88. The highest BCUT2D eigenvalue weighted by molar-refractivity contribution is 7.92. The van der Waals surface area contributed by atoms with Crippen molar-refractivity contribution in [1.82, 2.24) is 9.97 Å². The van der Waals surface area contributed by atoms with Crippen LogP contribution in [-0.4, -0.2) is 31.4 Å². The number of hydrogen-bond donors (Lipinski definition) is 2. The molecular formula is C18H14Cl2N4O4S. The number of carbonyl (C=O) groups is 1. The third-order valence-electron chi connectivity index (χ3n) is 3.69. The van der Waals surface area contributed by atoms with E-state index in [0.717, 1.165) is 0 Å². The van der Waals surface area contributed by atoms with Gasteiger partial charge in [0.05, 0.1) is 35.0 Å². The largest absolute Gasteiger partial charge is 0.494 e. The van der Waals surface area contributed by atoms with E-state index in [-0.39, 0.29) is 21.4 Å². The molecule has 0 aliphatic heterocycles. The van der Waals surface area contributed by atoms with Crippen LogP contribution >= 0.6 is 23.2 Å². The fourth-order valence-electron chi connectivity index (χ4n) is 2.24. The average molecular weight is 453 g/mol. The minimum absolute atomic E-state index is 0.0283. The average Bonchev–Trinajstić information content (AvgIpc) is 2.68. The summed E-state index contributed by atoms with van der Waals surface area (Å²) in [7, 11) is -2.46. The lowest BCUT2D eigenvalue weighted by molar-refractivity contribution is 0.102. The summed E-state index contributed by atoms with van der Waals surface area (Å²) in [4.78, 5) is 20.0. The van der Waals surface area contributed by atoms with E-state index in [1.54, 1.807) is 6.07 Å². The lowest BCUT2D eigenvalue weighted by atomic mass is 10.2. The van der Waals surface area contributed by atoms with Gasteiger partial charge in [-0.3, -0.25) is 4.79 Å². The number of nitrogens with one attached hydrogen (secondary N) is 2. The second kappa shape index (κ2) is 8.64. The number of nitrogens with zero attached hydrogens (tertiary/aromatic N) is 2. The van der Waals surface area contributed by atoms with Crippen molar-refractivity contribution in [2.45, 2.75) is 4.90 Å². The molecule has 2 aromatic carbocycles. The Balaban J connectivity index is 1.72. The molecule has 3 aromatic rings. The monoisotopic (exact) mass is 452 g/mol. The highest BCUT2D eigenvalue weighted by atomic mass is 35.5. The molecule has 2 N–H and O–H groups in total. The molecule has 1 aromatic heterocycles. The SMILES string of the molecule is COc1cnc(NS(=O)(=O)c2ccc(NC(=O)c3ccc(Cl)cc3Cl)cc2)nc1. The second-order valence-electron chi connectivity index (χ2n) is 5.65. The molecule has 0 saturated heterocycles. The molecule has 29 heavy (non-hydrogen) atoms. The number of benzene rings is 2. The molecule has 150 valence electrons. The van der Waals surface area contributed by atoms with Gasteiger partial charge in [-0.1, -0.05) is 23.2 Å². The summed E-state index contributed by atoms with van der Waals surface area (Å²) in [5.41, 5.74) is 0.631. The van der Waals surface area contributed by atoms with Crippen LogP contribution in [0.4, 0.5) is 11.6 Å². The summed E-state index contributed by atoms with van der Waals surface area (Å²) in [5, 5.41) is 3.26. The Morgan fingerprint density at radius 1 is 1.03 bits per heavy atom. The van der Waals surface area contributed by atoms with Crippen LogP contribution in [-0.2, 0) is 10.0 Å². The molecule has 0 radical (unpaired) electrons. The van der Waals surface area contributed by atoms with Crippen LogP contribution in [0.1, 0.15) is 10.4 Å². The first-order valence-electron chi connectivity index (χ1n) is 8.04. The predicted octanol–water partition coefficient (Wildman–Crippen LogP) is 3.85. The van der Waals surface area contributed by atoms with E-state index >= 15 is 0 Å². The van der Waals surface area contributed by atoms with Crippen molar-refractivity contribution in [3.63, 3.8) is 0 Å². The van der Waals surface area contributed by atoms with Crippen LogP contribution in [0.3, 0.4) is 0 Å². The number of rotatable bonds is 6. The maximum Gasteiger partial charge on any atom is 0.264 e. The molecule has 3 rings (SSSR count). The zero-order chi connectivity index (χ0) is 21.0. The Labute approximate surface area is 176 Å². The molecule has 11 heteroatoms. The molecule has 0 aliphatic rings. The third kappa shape index (κ3) is 5.14. The summed E-state index contributed by atoms with van der Waals surface area (Å²) in [5.74, 6) is -0.151. The Bertz CT molecular complexity index is 1140. The molecule has 0 fully saturated rings. The number of halogens is 2. The van der Waals surface area contributed by atoms with E-state index in [9.17, 15) is 13.2 Å². The summed E-state index contributed by atoms with van der Waals surface area (Å²) >= 11 is 11.8. The van der Waals surface area contributed by atoms with Gasteiger partial charge < -0.3 is 10.1 Å². The van der Waals surface area contributed by atoms with Gasteiger partial charge in [0.15, 0.2) is 5.75 Å². The van der Waals surface area contributed by atoms with Crippen molar-refractivity contribution in [2.24, 2.45) is 0 Å². The van der Waals surface area contributed by atoms with Crippen LogP contribution in [0.15, 0.2) is 59.8 Å². The number of ether oxygens (including phenoxy) is 1. The molecule has 0 atom stereocenters. The van der Waals surface area contributed by atoms with E-state index in [1.807, 2.05) is 0 Å².